The Balaban J connectivity index is 2.59. The van der Waals surface area contributed by atoms with Crippen LogP contribution in [-0.4, -0.2) is 35.8 Å². The predicted octanol–water partition coefficient (Wildman–Crippen LogP) is 0.255. The molecule has 0 aromatic heterocycles. The topological polar surface area (TPSA) is 63.7 Å². The first-order valence-corrected chi connectivity index (χ1v) is 4.58. The van der Waals surface area contributed by atoms with Gasteiger partial charge >= 0.3 is 5.97 Å². The number of ether oxygens (including phenoxy) is 1. The normalized spacial score (nSPS) is 18.3. The van der Waals surface area contributed by atoms with Crippen molar-refractivity contribution in [1.82, 2.24) is 4.90 Å². The lowest BCUT2D eigenvalue weighted by molar-refractivity contribution is -0.146. The van der Waals surface area contributed by atoms with Crippen LogP contribution in [0, 0.1) is 0 Å². The summed E-state index contributed by atoms with van der Waals surface area (Å²) in [4.78, 5) is 33.9. The van der Waals surface area contributed by atoms with Gasteiger partial charge < -0.3 is 4.74 Å². The molecule has 1 aliphatic rings. The van der Waals surface area contributed by atoms with Gasteiger partial charge in [-0.2, -0.15) is 0 Å². The largest absolute Gasteiger partial charge is 0.461 e. The van der Waals surface area contributed by atoms with E-state index < -0.39 is 0 Å². The van der Waals surface area contributed by atoms with Gasteiger partial charge in [-0.05, 0) is 12.5 Å². The van der Waals surface area contributed by atoms with Crippen LogP contribution in [0.15, 0.2) is 11.1 Å². The third-order valence-electron chi connectivity index (χ3n) is 2.21. The maximum atomic E-state index is 11.4. The summed E-state index contributed by atoms with van der Waals surface area (Å²) in [5.74, 6) is -0.929. The molecule has 0 atom stereocenters. The Labute approximate surface area is 87.7 Å². The molecule has 1 fully saturated rings. The summed E-state index contributed by atoms with van der Waals surface area (Å²) < 4.78 is 4.75. The number of amides is 2. The van der Waals surface area contributed by atoms with Gasteiger partial charge in [0.2, 0.25) is 5.91 Å². The number of esters is 1. The second kappa shape index (κ2) is 4.25. The fourth-order valence-electron chi connectivity index (χ4n) is 1.24. The second-order valence-electron chi connectivity index (χ2n) is 3.45. The molecule has 2 amide bonds. The highest BCUT2D eigenvalue weighted by molar-refractivity contribution is 6.10. The molecule has 0 spiro atoms. The average Bonchev–Trinajstić information content (AvgIpc) is 2.11. The monoisotopic (exact) mass is 211 g/mol. The number of β-lactam (4-membered cyclic amide) rings is 1. The zero-order chi connectivity index (χ0) is 11.6. The van der Waals surface area contributed by atoms with Crippen molar-refractivity contribution in [1.29, 1.82) is 0 Å². The quantitative estimate of drug-likeness (QED) is 0.373. The molecule has 5 heteroatoms. The number of carbonyl (C=O) groups excluding carboxylic acids is 3. The van der Waals surface area contributed by atoms with Crippen LogP contribution < -0.4 is 0 Å². The number of imide groups is 1. The predicted molar refractivity (Wildman–Crippen MR) is 51.7 cm³/mol. The third-order valence-corrected chi connectivity index (χ3v) is 2.21. The summed E-state index contributed by atoms with van der Waals surface area (Å²) >= 11 is 0. The summed E-state index contributed by atoms with van der Waals surface area (Å²) in [5, 5.41) is 0. The van der Waals surface area contributed by atoms with Gasteiger partial charge in [0.05, 0.1) is 6.54 Å². The minimum absolute atomic E-state index is 0.113. The van der Waals surface area contributed by atoms with Crippen molar-refractivity contribution >= 4 is 17.8 Å². The molecule has 0 bridgehead atoms. The molecule has 5 nitrogen and oxygen atoms in total. The van der Waals surface area contributed by atoms with E-state index in [-0.39, 0.29) is 24.4 Å². The molecule has 0 radical (unpaired) electrons. The Bertz CT molecular complexity index is 356. The molecule has 0 aromatic carbocycles. The molecular weight excluding hydrogens is 198 g/mol. The fourth-order valence-corrected chi connectivity index (χ4v) is 1.24. The molecule has 1 heterocycles. The zero-order valence-corrected chi connectivity index (χ0v) is 8.99. The van der Waals surface area contributed by atoms with Gasteiger partial charge in [0.1, 0.15) is 6.61 Å². The Morgan fingerprint density at radius 2 is 1.93 bits per heavy atom. The maximum absolute atomic E-state index is 11.4. The van der Waals surface area contributed by atoms with Gasteiger partial charge in [-0.3, -0.25) is 19.3 Å². The van der Waals surface area contributed by atoms with Crippen LogP contribution >= 0.6 is 0 Å². The minimum Gasteiger partial charge on any atom is -0.461 e. The molecule has 0 aromatic rings. The highest BCUT2D eigenvalue weighted by atomic mass is 16.5. The molecule has 1 saturated heterocycles. The molecule has 0 saturated carbocycles. The van der Waals surface area contributed by atoms with Crippen LogP contribution in [0.4, 0.5) is 0 Å². The number of nitrogens with zero attached hydrogens (tertiary/aromatic N) is 1. The van der Waals surface area contributed by atoms with E-state index in [1.54, 1.807) is 6.92 Å². The van der Waals surface area contributed by atoms with E-state index in [1.165, 1.54) is 13.8 Å². The number of carbonyl (C=O) groups is 3. The van der Waals surface area contributed by atoms with Crippen molar-refractivity contribution in [3.8, 4) is 0 Å². The molecule has 0 unspecified atom stereocenters. The summed E-state index contributed by atoms with van der Waals surface area (Å²) in [6, 6.07) is 0. The maximum Gasteiger partial charge on any atom is 0.302 e. The number of likely N-dealkylation sites (tertiary alicyclic amines) is 1. The first-order valence-electron chi connectivity index (χ1n) is 4.58. The zero-order valence-electron chi connectivity index (χ0n) is 8.99. The first kappa shape index (κ1) is 11.4. The average molecular weight is 211 g/mol. The third kappa shape index (κ3) is 2.43. The van der Waals surface area contributed by atoms with Gasteiger partial charge in [0.15, 0.2) is 0 Å². The van der Waals surface area contributed by atoms with E-state index >= 15 is 0 Å². The van der Waals surface area contributed by atoms with Gasteiger partial charge in [-0.15, -0.1) is 0 Å². The van der Waals surface area contributed by atoms with E-state index in [2.05, 4.69) is 0 Å². The lowest BCUT2D eigenvalue weighted by atomic mass is 10.0. The Morgan fingerprint density at radius 1 is 1.33 bits per heavy atom. The molecule has 1 rings (SSSR count). The molecule has 82 valence electrons. The summed E-state index contributed by atoms with van der Waals surface area (Å²) in [7, 11) is 0. The summed E-state index contributed by atoms with van der Waals surface area (Å²) in [6.07, 6.45) is 0. The van der Waals surface area contributed by atoms with Crippen LogP contribution in [0.2, 0.25) is 0 Å². The lowest BCUT2D eigenvalue weighted by Crippen LogP contribution is -2.49. The molecule has 0 aliphatic carbocycles. The van der Waals surface area contributed by atoms with E-state index in [0.717, 1.165) is 4.90 Å². The van der Waals surface area contributed by atoms with Crippen LogP contribution in [0.1, 0.15) is 20.8 Å². The van der Waals surface area contributed by atoms with Crippen LogP contribution in [0.25, 0.3) is 0 Å². The van der Waals surface area contributed by atoms with E-state index in [0.29, 0.717) is 17.7 Å². The van der Waals surface area contributed by atoms with Gasteiger partial charge in [-0.25, -0.2) is 0 Å². The van der Waals surface area contributed by atoms with E-state index in [4.69, 9.17) is 4.74 Å². The number of rotatable bonds is 2. The SMILES string of the molecule is CC(=O)OC/C(C)=C1/CN(C(C)=O)C1=O. The van der Waals surface area contributed by atoms with Gasteiger partial charge in [-0.1, -0.05) is 0 Å². The van der Waals surface area contributed by atoms with Gasteiger partial charge in [0.25, 0.3) is 5.91 Å². The Kier molecular flexibility index (Phi) is 3.24. The van der Waals surface area contributed by atoms with Crippen molar-refractivity contribution in [3.63, 3.8) is 0 Å². The highest BCUT2D eigenvalue weighted by Crippen LogP contribution is 2.20. The van der Waals surface area contributed by atoms with Crippen molar-refractivity contribution in [2.45, 2.75) is 20.8 Å². The second-order valence-corrected chi connectivity index (χ2v) is 3.45. The van der Waals surface area contributed by atoms with Gasteiger partial charge in [0, 0.05) is 19.4 Å². The Morgan fingerprint density at radius 3 is 2.33 bits per heavy atom. The number of hydrogen-bond acceptors (Lipinski definition) is 4. The van der Waals surface area contributed by atoms with Crippen molar-refractivity contribution in [2.75, 3.05) is 13.2 Å². The molecular formula is C10H13NO4. The van der Waals surface area contributed by atoms with Crippen molar-refractivity contribution in [2.24, 2.45) is 0 Å². The number of hydrogen-bond donors (Lipinski definition) is 0. The molecule has 15 heavy (non-hydrogen) atoms. The minimum atomic E-state index is -0.384. The molecule has 0 N–H and O–H groups in total. The summed E-state index contributed by atoms with van der Waals surface area (Å²) in [5.41, 5.74) is 1.26. The van der Waals surface area contributed by atoms with Crippen LogP contribution in [0.3, 0.4) is 0 Å². The fraction of sp³-hybridized carbons (Fsp3) is 0.500. The standard InChI is InChI=1S/C10H13NO4/c1-6(5-15-8(3)13)9-4-11(7(2)12)10(9)14/h4-5H2,1-3H3/b9-6-. The highest BCUT2D eigenvalue weighted by Gasteiger charge is 2.34. The lowest BCUT2D eigenvalue weighted by Gasteiger charge is -2.31. The molecule has 1 aliphatic heterocycles. The van der Waals surface area contributed by atoms with Crippen molar-refractivity contribution < 1.29 is 19.1 Å². The van der Waals surface area contributed by atoms with E-state index in [1.807, 2.05) is 0 Å². The summed E-state index contributed by atoms with van der Waals surface area (Å²) in [6.45, 7) is 4.80. The first-order chi connectivity index (χ1) is 6.93. The van der Waals surface area contributed by atoms with Crippen LogP contribution in [-0.2, 0) is 19.1 Å². The van der Waals surface area contributed by atoms with Crippen LogP contribution in [0.5, 0.6) is 0 Å². The van der Waals surface area contributed by atoms with E-state index in [9.17, 15) is 14.4 Å². The van der Waals surface area contributed by atoms with Crippen molar-refractivity contribution in [3.05, 3.63) is 11.1 Å². The smallest absolute Gasteiger partial charge is 0.302 e. The Hall–Kier alpha value is -1.65.